The maximum atomic E-state index is 10.6. The first-order chi connectivity index (χ1) is 7.70. The lowest BCUT2D eigenvalue weighted by atomic mass is 10.3. The van der Waals surface area contributed by atoms with E-state index in [4.69, 9.17) is 5.26 Å². The van der Waals surface area contributed by atoms with Crippen LogP contribution in [0.3, 0.4) is 0 Å². The molecule has 1 aliphatic rings. The van der Waals surface area contributed by atoms with Crippen molar-refractivity contribution >= 4 is 11.5 Å². The monoisotopic (exact) mass is 218 g/mol. The number of hydrogen-bond donors (Lipinski definition) is 1. The van der Waals surface area contributed by atoms with E-state index in [1.54, 1.807) is 6.07 Å². The van der Waals surface area contributed by atoms with Crippen LogP contribution in [0.1, 0.15) is 18.5 Å². The highest BCUT2D eigenvalue weighted by atomic mass is 16.6. The predicted octanol–water partition coefficient (Wildman–Crippen LogP) is 1.68. The Labute approximate surface area is 92.1 Å². The second-order valence-corrected chi connectivity index (χ2v) is 3.76. The normalized spacial score (nSPS) is 14.2. The van der Waals surface area contributed by atoms with Crippen molar-refractivity contribution in [2.24, 2.45) is 5.92 Å². The van der Waals surface area contributed by atoms with Gasteiger partial charge in [-0.25, -0.2) is 4.98 Å². The van der Waals surface area contributed by atoms with Crippen molar-refractivity contribution < 1.29 is 4.92 Å². The smallest absolute Gasteiger partial charge is 0.305 e. The number of nitro groups is 1. The van der Waals surface area contributed by atoms with Gasteiger partial charge in [0, 0.05) is 12.6 Å². The largest absolute Gasteiger partial charge is 0.370 e. The molecule has 1 fully saturated rings. The minimum atomic E-state index is -0.601. The second kappa shape index (κ2) is 4.14. The van der Waals surface area contributed by atoms with Gasteiger partial charge in [0.25, 0.3) is 0 Å². The highest BCUT2D eigenvalue weighted by molar-refractivity contribution is 5.50. The zero-order valence-corrected chi connectivity index (χ0v) is 8.51. The molecule has 1 heterocycles. The quantitative estimate of drug-likeness (QED) is 0.613. The van der Waals surface area contributed by atoms with Gasteiger partial charge >= 0.3 is 5.69 Å². The molecule has 1 aromatic heterocycles. The molecule has 0 bridgehead atoms. The molecule has 0 saturated heterocycles. The molecule has 1 saturated carbocycles. The van der Waals surface area contributed by atoms with Crippen molar-refractivity contribution in [1.29, 1.82) is 5.26 Å². The van der Waals surface area contributed by atoms with Crippen molar-refractivity contribution in [1.82, 2.24) is 4.98 Å². The molecule has 2 rings (SSSR count). The Bertz CT molecular complexity index is 462. The molecule has 6 nitrogen and oxygen atoms in total. The van der Waals surface area contributed by atoms with Gasteiger partial charge < -0.3 is 5.32 Å². The number of pyridine rings is 1. The van der Waals surface area contributed by atoms with Gasteiger partial charge in [0.15, 0.2) is 0 Å². The van der Waals surface area contributed by atoms with Gasteiger partial charge in [0.1, 0.15) is 11.9 Å². The molecule has 0 aliphatic heterocycles. The molecule has 0 radical (unpaired) electrons. The Morgan fingerprint density at radius 2 is 2.38 bits per heavy atom. The lowest BCUT2D eigenvalue weighted by Crippen LogP contribution is -2.06. The number of hydrogen-bond acceptors (Lipinski definition) is 5. The van der Waals surface area contributed by atoms with E-state index in [2.05, 4.69) is 10.3 Å². The first kappa shape index (κ1) is 10.4. The fraction of sp³-hybridized carbons (Fsp3) is 0.400. The summed E-state index contributed by atoms with van der Waals surface area (Å²) in [6, 6.07) is 4.56. The highest BCUT2D eigenvalue weighted by Crippen LogP contribution is 2.29. The summed E-state index contributed by atoms with van der Waals surface area (Å²) in [5.41, 5.74) is -0.398. The van der Waals surface area contributed by atoms with Gasteiger partial charge in [0.2, 0.25) is 5.69 Å². The lowest BCUT2D eigenvalue weighted by molar-refractivity contribution is -0.385. The van der Waals surface area contributed by atoms with E-state index in [0.29, 0.717) is 11.7 Å². The van der Waals surface area contributed by atoms with Crippen LogP contribution in [-0.4, -0.2) is 16.5 Å². The molecule has 0 aromatic carbocycles. The summed E-state index contributed by atoms with van der Waals surface area (Å²) in [5, 5.41) is 22.4. The minimum Gasteiger partial charge on any atom is -0.370 e. The fourth-order valence-corrected chi connectivity index (χ4v) is 1.35. The van der Waals surface area contributed by atoms with Crippen molar-refractivity contribution in [3.05, 3.63) is 27.9 Å². The number of nitrogens with one attached hydrogen (secondary N) is 1. The third kappa shape index (κ3) is 2.25. The Morgan fingerprint density at radius 1 is 1.62 bits per heavy atom. The first-order valence-corrected chi connectivity index (χ1v) is 5.00. The number of nitrogens with zero attached hydrogens (tertiary/aromatic N) is 3. The molecular formula is C10H10N4O2. The van der Waals surface area contributed by atoms with E-state index in [9.17, 15) is 10.1 Å². The molecule has 16 heavy (non-hydrogen) atoms. The molecule has 0 unspecified atom stereocenters. The average molecular weight is 218 g/mol. The van der Waals surface area contributed by atoms with Crippen molar-refractivity contribution in [2.75, 3.05) is 11.9 Å². The fourth-order valence-electron chi connectivity index (χ4n) is 1.35. The maximum absolute atomic E-state index is 10.6. The van der Waals surface area contributed by atoms with Crippen LogP contribution in [0.5, 0.6) is 0 Å². The molecule has 6 heteroatoms. The Balaban J connectivity index is 2.15. The zero-order chi connectivity index (χ0) is 11.5. The predicted molar refractivity (Wildman–Crippen MR) is 56.8 cm³/mol. The van der Waals surface area contributed by atoms with Crippen molar-refractivity contribution in [3.8, 4) is 6.07 Å². The van der Waals surface area contributed by atoms with E-state index >= 15 is 0 Å². The zero-order valence-electron chi connectivity index (χ0n) is 8.51. The number of nitriles is 1. The highest BCUT2D eigenvalue weighted by Gasteiger charge is 2.21. The molecule has 1 aromatic rings. The SMILES string of the molecule is N#Cc1nc(NCC2CC2)ccc1[N+](=O)[O-]. The van der Waals surface area contributed by atoms with Gasteiger partial charge in [-0.15, -0.1) is 0 Å². The molecule has 1 aliphatic carbocycles. The van der Waals surface area contributed by atoms with Gasteiger partial charge in [-0.1, -0.05) is 0 Å². The first-order valence-electron chi connectivity index (χ1n) is 5.00. The van der Waals surface area contributed by atoms with E-state index in [-0.39, 0.29) is 11.4 Å². The average Bonchev–Trinajstić information content (AvgIpc) is 3.09. The van der Waals surface area contributed by atoms with E-state index in [0.717, 1.165) is 6.54 Å². The minimum absolute atomic E-state index is 0.147. The van der Waals surface area contributed by atoms with Gasteiger partial charge in [0.05, 0.1) is 4.92 Å². The van der Waals surface area contributed by atoms with Crippen LogP contribution in [0.25, 0.3) is 0 Å². The molecule has 0 amide bonds. The van der Waals surface area contributed by atoms with Crippen molar-refractivity contribution in [3.63, 3.8) is 0 Å². The van der Waals surface area contributed by atoms with E-state index in [1.165, 1.54) is 25.0 Å². The summed E-state index contributed by atoms with van der Waals surface area (Å²) in [4.78, 5) is 13.9. The van der Waals surface area contributed by atoms with Crippen molar-refractivity contribution in [2.45, 2.75) is 12.8 Å². The number of anilines is 1. The Kier molecular flexibility index (Phi) is 2.68. The van der Waals surface area contributed by atoms with Crippen LogP contribution in [0.15, 0.2) is 12.1 Å². The van der Waals surface area contributed by atoms with Gasteiger partial charge in [-0.3, -0.25) is 10.1 Å². The third-order valence-corrected chi connectivity index (χ3v) is 2.45. The lowest BCUT2D eigenvalue weighted by Gasteiger charge is -2.04. The van der Waals surface area contributed by atoms with Gasteiger partial charge in [-0.2, -0.15) is 5.26 Å². The molecule has 0 spiro atoms. The summed E-state index contributed by atoms with van der Waals surface area (Å²) >= 11 is 0. The van der Waals surface area contributed by atoms with Crippen LogP contribution in [0.2, 0.25) is 0 Å². The Hall–Kier alpha value is -2.16. The third-order valence-electron chi connectivity index (χ3n) is 2.45. The van der Waals surface area contributed by atoms with E-state index in [1.807, 2.05) is 0 Å². The summed E-state index contributed by atoms with van der Waals surface area (Å²) in [7, 11) is 0. The van der Waals surface area contributed by atoms with Crippen LogP contribution >= 0.6 is 0 Å². The molecule has 1 N–H and O–H groups in total. The molecule has 82 valence electrons. The van der Waals surface area contributed by atoms with Crippen LogP contribution < -0.4 is 5.32 Å². The topological polar surface area (TPSA) is 91.8 Å². The summed E-state index contributed by atoms with van der Waals surface area (Å²) in [6.07, 6.45) is 2.43. The maximum Gasteiger partial charge on any atom is 0.305 e. The van der Waals surface area contributed by atoms with Crippen LogP contribution in [0, 0.1) is 27.4 Å². The van der Waals surface area contributed by atoms with E-state index < -0.39 is 4.92 Å². The van der Waals surface area contributed by atoms with Crippen LogP contribution in [0.4, 0.5) is 11.5 Å². The second-order valence-electron chi connectivity index (χ2n) is 3.76. The van der Waals surface area contributed by atoms with Crippen LogP contribution in [-0.2, 0) is 0 Å². The standard InChI is InChI=1S/C10H10N4O2/c11-5-8-9(14(15)16)3-4-10(13-8)12-6-7-1-2-7/h3-4,7H,1-2,6H2,(H,12,13). The summed E-state index contributed by atoms with van der Waals surface area (Å²) in [5.74, 6) is 1.21. The molecular weight excluding hydrogens is 208 g/mol. The van der Waals surface area contributed by atoms with Gasteiger partial charge in [-0.05, 0) is 24.8 Å². The summed E-state index contributed by atoms with van der Waals surface area (Å²) in [6.45, 7) is 0.815. The molecule has 0 atom stereocenters. The Morgan fingerprint density at radius 3 is 2.94 bits per heavy atom. The summed E-state index contributed by atoms with van der Waals surface area (Å²) < 4.78 is 0. The number of aromatic nitrogens is 1. The number of rotatable bonds is 4.